The summed E-state index contributed by atoms with van der Waals surface area (Å²) in [6, 6.07) is 1.68. The molecule has 156 valence electrons. The average molecular weight is 427 g/mol. The number of thiophene rings is 1. The quantitative estimate of drug-likeness (QED) is 0.737. The molecule has 3 aliphatic rings. The molecule has 0 aliphatic carbocycles. The molecule has 2 aromatic rings. The molecule has 5 rings (SSSR count). The fourth-order valence-corrected chi connectivity index (χ4v) is 5.69. The molecule has 9 nitrogen and oxygen atoms in total. The second-order valence-electron chi connectivity index (χ2n) is 7.67. The number of aromatic nitrogens is 2. The summed E-state index contributed by atoms with van der Waals surface area (Å²) in [7, 11) is 0. The van der Waals surface area contributed by atoms with Gasteiger partial charge in [-0.15, -0.1) is 11.3 Å². The molecule has 10 heteroatoms. The zero-order valence-corrected chi connectivity index (χ0v) is 17.1. The average Bonchev–Trinajstić information content (AvgIpc) is 3.35. The van der Waals surface area contributed by atoms with E-state index in [9.17, 15) is 14.4 Å². The predicted molar refractivity (Wildman–Crippen MR) is 108 cm³/mol. The minimum atomic E-state index is -0.503. The Morgan fingerprint density at radius 1 is 1.27 bits per heavy atom. The van der Waals surface area contributed by atoms with E-state index >= 15 is 0 Å². The molecule has 0 saturated carbocycles. The number of imide groups is 1. The number of fused-ring (bicyclic) bond motifs is 2. The Morgan fingerprint density at radius 2 is 2.10 bits per heavy atom. The van der Waals surface area contributed by atoms with Crippen LogP contribution in [0.15, 0.2) is 24.7 Å². The van der Waals surface area contributed by atoms with Gasteiger partial charge in [0, 0.05) is 30.4 Å². The third-order valence-electron chi connectivity index (χ3n) is 5.94. The number of likely N-dealkylation sites (tertiary alicyclic amines) is 1. The van der Waals surface area contributed by atoms with Crippen molar-refractivity contribution in [3.05, 3.63) is 35.1 Å². The Bertz CT molecular complexity index is 984. The van der Waals surface area contributed by atoms with Crippen LogP contribution in [0.2, 0.25) is 0 Å². The topological polar surface area (TPSA) is 105 Å². The van der Waals surface area contributed by atoms with Crippen molar-refractivity contribution in [2.75, 3.05) is 32.8 Å². The van der Waals surface area contributed by atoms with Crippen molar-refractivity contribution in [1.82, 2.24) is 25.1 Å². The first-order valence-electron chi connectivity index (χ1n) is 9.95. The molecule has 0 atom stereocenters. The van der Waals surface area contributed by atoms with Gasteiger partial charge in [-0.25, -0.2) is 4.79 Å². The van der Waals surface area contributed by atoms with Crippen molar-refractivity contribution in [2.24, 2.45) is 0 Å². The number of hydrogen-bond donors (Lipinski definition) is 1. The van der Waals surface area contributed by atoms with Crippen LogP contribution in [0.5, 0.6) is 0 Å². The van der Waals surface area contributed by atoms with Gasteiger partial charge in [-0.2, -0.15) is 0 Å². The van der Waals surface area contributed by atoms with Crippen LogP contribution in [0.4, 0.5) is 4.79 Å². The molecule has 1 N–H and O–H groups in total. The summed E-state index contributed by atoms with van der Waals surface area (Å²) in [6.45, 7) is 1.46. The summed E-state index contributed by atoms with van der Waals surface area (Å²) < 4.78 is 6.29. The van der Waals surface area contributed by atoms with Gasteiger partial charge in [-0.3, -0.25) is 24.5 Å². The maximum Gasteiger partial charge on any atom is 0.325 e. The van der Waals surface area contributed by atoms with Crippen LogP contribution in [0, 0.1) is 0 Å². The number of hydrogen-bond acceptors (Lipinski definition) is 7. The Morgan fingerprint density at radius 3 is 2.80 bits per heavy atom. The first kappa shape index (κ1) is 19.1. The van der Waals surface area contributed by atoms with Crippen molar-refractivity contribution in [1.29, 1.82) is 0 Å². The number of amides is 4. The summed E-state index contributed by atoms with van der Waals surface area (Å²) in [4.78, 5) is 49.7. The number of rotatable bonds is 3. The van der Waals surface area contributed by atoms with Gasteiger partial charge >= 0.3 is 6.03 Å². The lowest BCUT2D eigenvalue weighted by atomic mass is 9.85. The highest BCUT2D eigenvalue weighted by atomic mass is 32.1. The molecule has 2 saturated heterocycles. The van der Waals surface area contributed by atoms with E-state index in [0.717, 1.165) is 21.9 Å². The monoisotopic (exact) mass is 427 g/mol. The minimum Gasteiger partial charge on any atom is -0.369 e. The van der Waals surface area contributed by atoms with Crippen molar-refractivity contribution >= 4 is 29.2 Å². The zero-order valence-electron chi connectivity index (χ0n) is 16.3. The Kier molecular flexibility index (Phi) is 4.75. The molecule has 0 radical (unpaired) electrons. The van der Waals surface area contributed by atoms with Crippen molar-refractivity contribution in [3.63, 3.8) is 0 Å². The van der Waals surface area contributed by atoms with E-state index < -0.39 is 11.6 Å². The molecule has 4 amide bonds. The normalized spacial score (nSPS) is 20.4. The van der Waals surface area contributed by atoms with E-state index in [1.54, 1.807) is 34.8 Å². The van der Waals surface area contributed by atoms with Crippen LogP contribution >= 0.6 is 11.3 Å². The number of ether oxygens (including phenoxy) is 1. The number of nitrogens with zero attached hydrogens (tertiary/aromatic N) is 4. The van der Waals surface area contributed by atoms with Gasteiger partial charge in [0.25, 0.3) is 5.91 Å². The fraction of sp³-hybridized carbons (Fsp3) is 0.450. The van der Waals surface area contributed by atoms with E-state index in [1.165, 1.54) is 10.4 Å². The van der Waals surface area contributed by atoms with Crippen molar-refractivity contribution in [3.8, 4) is 10.6 Å². The number of carbonyl (C=O) groups excluding carboxylic acids is 3. The van der Waals surface area contributed by atoms with Gasteiger partial charge < -0.3 is 15.0 Å². The number of urea groups is 1. The van der Waals surface area contributed by atoms with Gasteiger partial charge in [0.2, 0.25) is 5.91 Å². The maximum atomic E-state index is 12.6. The molecule has 2 aromatic heterocycles. The lowest BCUT2D eigenvalue weighted by Crippen LogP contribution is -2.50. The van der Waals surface area contributed by atoms with E-state index in [4.69, 9.17) is 4.74 Å². The summed E-state index contributed by atoms with van der Waals surface area (Å²) in [5.41, 5.74) is 1.75. The molecule has 1 spiro atoms. The Balaban J connectivity index is 1.30. The highest BCUT2D eigenvalue weighted by molar-refractivity contribution is 7.15. The number of carbonyl (C=O) groups is 3. The molecule has 5 heterocycles. The molecule has 0 aromatic carbocycles. The smallest absolute Gasteiger partial charge is 0.325 e. The van der Waals surface area contributed by atoms with Crippen LogP contribution in [0.3, 0.4) is 0 Å². The molecule has 2 fully saturated rings. The van der Waals surface area contributed by atoms with E-state index in [-0.39, 0.29) is 24.9 Å². The highest BCUT2D eigenvalue weighted by Crippen LogP contribution is 2.47. The van der Waals surface area contributed by atoms with E-state index in [1.807, 2.05) is 0 Å². The third kappa shape index (κ3) is 3.25. The van der Waals surface area contributed by atoms with Gasteiger partial charge in [-0.1, -0.05) is 0 Å². The van der Waals surface area contributed by atoms with Crippen LogP contribution in [-0.4, -0.2) is 70.4 Å². The first-order valence-corrected chi connectivity index (χ1v) is 10.8. The lowest BCUT2D eigenvalue weighted by molar-refractivity contribution is -0.143. The van der Waals surface area contributed by atoms with Crippen LogP contribution in [-0.2, 0) is 26.3 Å². The molecular formula is C20H21N5O4S. The summed E-state index contributed by atoms with van der Waals surface area (Å²) in [5.74, 6) is -0.574. The summed E-state index contributed by atoms with van der Waals surface area (Å²) in [6.07, 6.45) is 7.35. The number of nitrogens with one attached hydrogen (secondary N) is 1. The van der Waals surface area contributed by atoms with Crippen molar-refractivity contribution < 1.29 is 19.1 Å². The third-order valence-corrected chi connectivity index (χ3v) is 7.33. The molecule has 0 unspecified atom stereocenters. The Labute approximate surface area is 177 Å². The first-order chi connectivity index (χ1) is 14.6. The predicted octanol–water partition coefficient (Wildman–Crippen LogP) is 1.15. The lowest BCUT2D eigenvalue weighted by Gasteiger charge is -2.43. The maximum absolute atomic E-state index is 12.6. The van der Waals surface area contributed by atoms with Crippen molar-refractivity contribution in [2.45, 2.75) is 24.9 Å². The minimum absolute atomic E-state index is 0.0433. The summed E-state index contributed by atoms with van der Waals surface area (Å²) >= 11 is 1.69. The SMILES string of the molecule is O=C(CN1C(=O)CNC1=O)N1CCC2(CC1)OCCc1cc(-c3cnccn3)sc12. The Hall–Kier alpha value is -2.85. The van der Waals surface area contributed by atoms with Gasteiger partial charge in [-0.05, 0) is 30.9 Å². The molecular weight excluding hydrogens is 406 g/mol. The van der Waals surface area contributed by atoms with E-state index in [0.29, 0.717) is 32.5 Å². The summed E-state index contributed by atoms with van der Waals surface area (Å²) in [5, 5.41) is 2.44. The molecule has 0 bridgehead atoms. The molecule has 30 heavy (non-hydrogen) atoms. The largest absolute Gasteiger partial charge is 0.369 e. The second-order valence-corrected chi connectivity index (χ2v) is 8.72. The zero-order chi connectivity index (χ0) is 20.7. The van der Waals surface area contributed by atoms with Gasteiger partial charge in [0.1, 0.15) is 12.1 Å². The number of piperidine rings is 1. The van der Waals surface area contributed by atoms with Crippen LogP contribution in [0.25, 0.3) is 10.6 Å². The highest BCUT2D eigenvalue weighted by Gasteiger charge is 2.44. The van der Waals surface area contributed by atoms with Crippen LogP contribution < -0.4 is 5.32 Å². The van der Waals surface area contributed by atoms with Gasteiger partial charge in [0.15, 0.2) is 0 Å². The standard InChI is InChI=1S/C20H21N5O4S/c26-16-11-23-19(28)25(16)12-17(27)24-6-2-20(3-7-24)18-13(1-8-29-20)9-15(30-18)14-10-21-4-5-22-14/h4-5,9-10H,1-3,6-8,11-12H2,(H,23,28). The van der Waals surface area contributed by atoms with E-state index in [2.05, 4.69) is 21.4 Å². The van der Waals surface area contributed by atoms with Crippen LogP contribution in [0.1, 0.15) is 23.3 Å². The second kappa shape index (κ2) is 7.44. The molecule has 3 aliphatic heterocycles. The van der Waals surface area contributed by atoms with Gasteiger partial charge in [0.05, 0.1) is 29.9 Å². The fourth-order valence-electron chi connectivity index (χ4n) is 4.31.